The monoisotopic (exact) mass is 303 g/mol. The Hall–Kier alpha value is -1.07. The maximum absolute atomic E-state index is 12.3. The largest absolute Gasteiger partial charge is 0.414 e. The quantitative estimate of drug-likeness (QED) is 0.813. The molecule has 2 unspecified atom stereocenters. The van der Waals surface area contributed by atoms with E-state index in [0.717, 1.165) is 24.6 Å². The predicted molar refractivity (Wildman–Crippen MR) is 78.3 cm³/mol. The fraction of sp³-hybridized carbons (Fsp3) is 0.625. The third kappa shape index (κ3) is 6.48. The van der Waals surface area contributed by atoms with Crippen LogP contribution in [0.4, 0.5) is 13.2 Å². The molecular formula is C16H24F3NO. The van der Waals surface area contributed by atoms with Crippen LogP contribution in [0.1, 0.15) is 44.7 Å². The zero-order valence-electron chi connectivity index (χ0n) is 13.0. The molecule has 0 heterocycles. The molecule has 5 heteroatoms. The first kappa shape index (κ1) is 18.0. The summed E-state index contributed by atoms with van der Waals surface area (Å²) < 4.78 is 41.9. The second-order valence-electron chi connectivity index (χ2n) is 5.70. The molecule has 0 aliphatic carbocycles. The molecule has 0 fully saturated rings. The highest BCUT2D eigenvalue weighted by molar-refractivity contribution is 5.25. The van der Waals surface area contributed by atoms with Crippen LogP contribution < -0.4 is 5.32 Å². The van der Waals surface area contributed by atoms with Gasteiger partial charge in [-0.1, -0.05) is 45.0 Å². The molecule has 0 aliphatic rings. The van der Waals surface area contributed by atoms with Crippen molar-refractivity contribution >= 4 is 0 Å². The summed E-state index contributed by atoms with van der Waals surface area (Å²) in [5, 5.41) is 3.37. The molecule has 0 amide bonds. The van der Waals surface area contributed by atoms with Crippen LogP contribution in [0.2, 0.25) is 0 Å². The number of hydrogen-bond acceptors (Lipinski definition) is 2. The molecule has 0 saturated heterocycles. The molecule has 0 saturated carbocycles. The average Bonchev–Trinajstić information content (AvgIpc) is 2.41. The Morgan fingerprint density at radius 2 is 1.62 bits per heavy atom. The van der Waals surface area contributed by atoms with Crippen LogP contribution in [0.15, 0.2) is 24.3 Å². The van der Waals surface area contributed by atoms with E-state index < -0.39 is 12.3 Å². The van der Waals surface area contributed by atoms with Gasteiger partial charge >= 0.3 is 6.18 Å². The Morgan fingerprint density at radius 3 is 2.10 bits per heavy atom. The Morgan fingerprint density at radius 1 is 1.05 bits per heavy atom. The van der Waals surface area contributed by atoms with Crippen molar-refractivity contribution < 1.29 is 17.9 Å². The lowest BCUT2D eigenvalue weighted by molar-refractivity contribution is -0.217. The molecule has 0 radical (unpaired) electrons. The van der Waals surface area contributed by atoms with Crippen LogP contribution in [0.25, 0.3) is 0 Å². The summed E-state index contributed by atoms with van der Waals surface area (Å²) in [6, 6.07) is 7.98. The summed E-state index contributed by atoms with van der Waals surface area (Å²) in [7, 11) is 0. The molecule has 1 rings (SSSR count). The van der Waals surface area contributed by atoms with Crippen LogP contribution in [0.5, 0.6) is 0 Å². The first-order valence-corrected chi connectivity index (χ1v) is 7.20. The number of hydrogen-bond donors (Lipinski definition) is 1. The lowest BCUT2D eigenvalue weighted by Gasteiger charge is -2.17. The second-order valence-corrected chi connectivity index (χ2v) is 5.70. The fourth-order valence-corrected chi connectivity index (χ4v) is 1.79. The van der Waals surface area contributed by atoms with Crippen LogP contribution >= 0.6 is 0 Å². The molecular weight excluding hydrogens is 279 g/mol. The highest BCUT2D eigenvalue weighted by Crippen LogP contribution is 2.23. The minimum atomic E-state index is -4.31. The maximum Gasteiger partial charge on any atom is 0.414 e. The summed E-state index contributed by atoms with van der Waals surface area (Å²) in [5.41, 5.74) is 1.91. The molecule has 1 aromatic rings. The first-order chi connectivity index (χ1) is 9.70. The molecule has 2 atom stereocenters. The normalized spacial score (nSPS) is 15.2. The lowest BCUT2D eigenvalue weighted by Crippen LogP contribution is -2.28. The van der Waals surface area contributed by atoms with Crippen molar-refractivity contribution in [1.29, 1.82) is 0 Å². The van der Waals surface area contributed by atoms with Crippen molar-refractivity contribution in [3.8, 4) is 0 Å². The Labute approximate surface area is 124 Å². The third-order valence-corrected chi connectivity index (χ3v) is 3.34. The topological polar surface area (TPSA) is 21.3 Å². The van der Waals surface area contributed by atoms with Crippen molar-refractivity contribution in [2.24, 2.45) is 0 Å². The van der Waals surface area contributed by atoms with Crippen molar-refractivity contribution in [3.05, 3.63) is 35.4 Å². The average molecular weight is 303 g/mol. The van der Waals surface area contributed by atoms with Gasteiger partial charge in [-0.3, -0.25) is 0 Å². The molecule has 0 aliphatic heterocycles. The zero-order chi connectivity index (χ0) is 16.0. The number of benzene rings is 1. The van der Waals surface area contributed by atoms with E-state index >= 15 is 0 Å². The van der Waals surface area contributed by atoms with Gasteiger partial charge in [0.15, 0.2) is 6.10 Å². The van der Waals surface area contributed by atoms with Crippen molar-refractivity contribution in [3.63, 3.8) is 0 Å². The predicted octanol–water partition coefficient (Wildman–Crippen LogP) is 4.26. The van der Waals surface area contributed by atoms with Crippen LogP contribution in [0.3, 0.4) is 0 Å². The van der Waals surface area contributed by atoms with Gasteiger partial charge in [0.2, 0.25) is 0 Å². The Kier molecular flexibility index (Phi) is 6.68. The first-order valence-electron chi connectivity index (χ1n) is 7.20. The highest BCUT2D eigenvalue weighted by Gasteiger charge is 2.36. The van der Waals surface area contributed by atoms with Gasteiger partial charge in [0, 0.05) is 12.6 Å². The molecule has 120 valence electrons. The number of ether oxygens (including phenoxy) is 1. The Balaban J connectivity index is 2.50. The van der Waals surface area contributed by atoms with E-state index in [1.165, 1.54) is 0 Å². The van der Waals surface area contributed by atoms with Crippen molar-refractivity contribution in [1.82, 2.24) is 5.32 Å². The van der Waals surface area contributed by atoms with Gasteiger partial charge in [0.1, 0.15) is 0 Å². The molecule has 0 aromatic heterocycles. The minimum Gasteiger partial charge on any atom is -0.364 e. The third-order valence-electron chi connectivity index (χ3n) is 3.34. The minimum absolute atomic E-state index is 0.0282. The second kappa shape index (κ2) is 7.80. The molecule has 0 bridgehead atoms. The zero-order valence-corrected chi connectivity index (χ0v) is 13.0. The molecule has 21 heavy (non-hydrogen) atoms. The van der Waals surface area contributed by atoms with Gasteiger partial charge in [-0.05, 0) is 24.0 Å². The maximum atomic E-state index is 12.3. The van der Waals surface area contributed by atoms with E-state index in [-0.39, 0.29) is 6.61 Å². The number of halogens is 3. The SMILES string of the molecule is CC(C)NCC(C)c1ccc(COC(C)C(F)(F)F)cc1. The van der Waals surface area contributed by atoms with Gasteiger partial charge in [-0.15, -0.1) is 0 Å². The van der Waals surface area contributed by atoms with Gasteiger partial charge in [-0.25, -0.2) is 0 Å². The van der Waals surface area contributed by atoms with E-state index in [4.69, 9.17) is 4.74 Å². The van der Waals surface area contributed by atoms with Gasteiger partial charge in [0.25, 0.3) is 0 Å². The highest BCUT2D eigenvalue weighted by atomic mass is 19.4. The van der Waals surface area contributed by atoms with Gasteiger partial charge in [0.05, 0.1) is 6.61 Å². The van der Waals surface area contributed by atoms with E-state index in [2.05, 4.69) is 26.1 Å². The van der Waals surface area contributed by atoms with Crippen LogP contribution in [0, 0.1) is 0 Å². The summed E-state index contributed by atoms with van der Waals surface area (Å²) in [6.07, 6.45) is -6.05. The molecule has 1 N–H and O–H groups in total. The summed E-state index contributed by atoms with van der Waals surface area (Å²) in [6.45, 7) is 8.17. The van der Waals surface area contributed by atoms with Crippen molar-refractivity contribution in [2.45, 2.75) is 58.5 Å². The van der Waals surface area contributed by atoms with Gasteiger partial charge < -0.3 is 10.1 Å². The standard InChI is InChI=1S/C16H24F3NO/c1-11(2)20-9-12(3)15-7-5-14(6-8-15)10-21-13(4)16(17,18)19/h5-8,11-13,20H,9-10H2,1-4H3. The van der Waals surface area contributed by atoms with Crippen molar-refractivity contribution in [2.75, 3.05) is 6.54 Å². The molecule has 1 aromatic carbocycles. The fourth-order valence-electron chi connectivity index (χ4n) is 1.79. The lowest BCUT2D eigenvalue weighted by atomic mass is 9.99. The summed E-state index contributed by atoms with van der Waals surface area (Å²) in [4.78, 5) is 0. The van der Waals surface area contributed by atoms with E-state index in [0.29, 0.717) is 12.0 Å². The number of nitrogens with one attached hydrogen (secondary N) is 1. The van der Waals surface area contributed by atoms with E-state index in [1.54, 1.807) is 0 Å². The van der Waals surface area contributed by atoms with E-state index in [1.807, 2.05) is 24.3 Å². The van der Waals surface area contributed by atoms with Crippen LogP contribution in [-0.4, -0.2) is 24.9 Å². The number of alkyl halides is 3. The summed E-state index contributed by atoms with van der Waals surface area (Å²) >= 11 is 0. The van der Waals surface area contributed by atoms with Crippen LogP contribution in [-0.2, 0) is 11.3 Å². The summed E-state index contributed by atoms with van der Waals surface area (Å²) in [5.74, 6) is 0.358. The number of rotatable bonds is 7. The smallest absolute Gasteiger partial charge is 0.364 e. The Bertz CT molecular complexity index is 415. The molecule has 0 spiro atoms. The molecule has 2 nitrogen and oxygen atoms in total. The van der Waals surface area contributed by atoms with Gasteiger partial charge in [-0.2, -0.15) is 13.2 Å². The van der Waals surface area contributed by atoms with E-state index in [9.17, 15) is 13.2 Å².